The van der Waals surface area contributed by atoms with E-state index in [1.54, 1.807) is 31.4 Å². The van der Waals surface area contributed by atoms with Crippen LogP contribution in [0.4, 0.5) is 0 Å². The second-order valence-corrected chi connectivity index (χ2v) is 7.08. The summed E-state index contributed by atoms with van der Waals surface area (Å²) in [6.45, 7) is 0.168. The number of hydrogen-bond donors (Lipinski definition) is 1. The van der Waals surface area contributed by atoms with E-state index in [2.05, 4.69) is 15.4 Å². The number of nitrogens with zero attached hydrogens (tertiary/aromatic N) is 4. The number of rotatable bonds is 8. The summed E-state index contributed by atoms with van der Waals surface area (Å²) in [6, 6.07) is 14.9. The van der Waals surface area contributed by atoms with Crippen molar-refractivity contribution in [3.05, 3.63) is 87.9 Å². The molecule has 33 heavy (non-hydrogen) atoms. The Bertz CT molecular complexity index is 1360. The predicted octanol–water partition coefficient (Wildman–Crippen LogP) is 1.55. The largest absolute Gasteiger partial charge is 0.497 e. The highest BCUT2D eigenvalue weighted by Gasteiger charge is 2.10. The van der Waals surface area contributed by atoms with E-state index in [4.69, 9.17) is 9.15 Å². The minimum atomic E-state index is -0.407. The van der Waals surface area contributed by atoms with Crippen LogP contribution in [0.2, 0.25) is 0 Å². The van der Waals surface area contributed by atoms with Crippen LogP contribution in [0.5, 0.6) is 5.75 Å². The van der Waals surface area contributed by atoms with Gasteiger partial charge in [0.1, 0.15) is 18.0 Å². The zero-order valence-electron chi connectivity index (χ0n) is 17.8. The molecule has 0 radical (unpaired) electrons. The van der Waals surface area contributed by atoms with Crippen molar-refractivity contribution in [3.63, 3.8) is 0 Å². The van der Waals surface area contributed by atoms with Crippen LogP contribution >= 0.6 is 0 Å². The molecule has 10 heteroatoms. The van der Waals surface area contributed by atoms with E-state index in [9.17, 15) is 14.4 Å². The van der Waals surface area contributed by atoms with Gasteiger partial charge in [-0.25, -0.2) is 9.67 Å². The van der Waals surface area contributed by atoms with Crippen molar-refractivity contribution < 1.29 is 13.9 Å². The summed E-state index contributed by atoms with van der Waals surface area (Å²) in [7, 11) is 1.58. The van der Waals surface area contributed by atoms with Crippen LogP contribution in [-0.2, 0) is 17.9 Å². The molecule has 3 heterocycles. The van der Waals surface area contributed by atoms with E-state index in [1.165, 1.54) is 35.4 Å². The Hall–Kier alpha value is -4.47. The summed E-state index contributed by atoms with van der Waals surface area (Å²) in [5, 5.41) is 6.84. The molecule has 0 fully saturated rings. The average molecular weight is 447 g/mol. The maximum atomic E-state index is 12.4. The van der Waals surface area contributed by atoms with Crippen LogP contribution in [0.15, 0.2) is 81.2 Å². The first kappa shape index (κ1) is 21.8. The number of amides is 1. The third-order valence-electron chi connectivity index (χ3n) is 4.87. The van der Waals surface area contributed by atoms with Crippen LogP contribution in [-0.4, -0.2) is 38.9 Å². The van der Waals surface area contributed by atoms with Crippen LogP contribution in [0.1, 0.15) is 0 Å². The Morgan fingerprint density at radius 3 is 2.58 bits per heavy atom. The van der Waals surface area contributed by atoms with E-state index < -0.39 is 11.5 Å². The second-order valence-electron chi connectivity index (χ2n) is 7.08. The number of furan rings is 1. The van der Waals surface area contributed by atoms with E-state index >= 15 is 0 Å². The first-order chi connectivity index (χ1) is 16.0. The molecule has 0 unspecified atom stereocenters. The number of benzene rings is 1. The molecule has 1 aromatic carbocycles. The molecule has 1 amide bonds. The third kappa shape index (κ3) is 5.24. The Balaban J connectivity index is 1.35. The van der Waals surface area contributed by atoms with Gasteiger partial charge in [-0.15, -0.1) is 0 Å². The van der Waals surface area contributed by atoms with Crippen molar-refractivity contribution in [3.8, 4) is 28.5 Å². The highest BCUT2D eigenvalue weighted by molar-refractivity contribution is 5.75. The van der Waals surface area contributed by atoms with Gasteiger partial charge in [0.25, 0.3) is 11.1 Å². The molecule has 10 nitrogen and oxygen atoms in total. The Morgan fingerprint density at radius 1 is 1.06 bits per heavy atom. The summed E-state index contributed by atoms with van der Waals surface area (Å²) in [5.41, 5.74) is 1.14. The van der Waals surface area contributed by atoms with Gasteiger partial charge in [-0.3, -0.25) is 19.0 Å². The lowest BCUT2D eigenvalue weighted by Crippen LogP contribution is -2.36. The van der Waals surface area contributed by atoms with Crippen LogP contribution in [0.3, 0.4) is 0 Å². The quantitative estimate of drug-likeness (QED) is 0.435. The molecule has 0 bridgehead atoms. The van der Waals surface area contributed by atoms with Crippen LogP contribution in [0, 0.1) is 0 Å². The van der Waals surface area contributed by atoms with Crippen molar-refractivity contribution in [2.24, 2.45) is 0 Å². The Kier molecular flexibility index (Phi) is 6.44. The van der Waals surface area contributed by atoms with Crippen molar-refractivity contribution in [1.82, 2.24) is 24.6 Å². The summed E-state index contributed by atoms with van der Waals surface area (Å²) < 4.78 is 12.9. The fourth-order valence-corrected chi connectivity index (χ4v) is 3.14. The van der Waals surface area contributed by atoms with Gasteiger partial charge in [0.15, 0.2) is 5.76 Å². The lowest BCUT2D eigenvalue weighted by atomic mass is 10.1. The van der Waals surface area contributed by atoms with E-state index in [1.807, 2.05) is 12.1 Å². The third-order valence-corrected chi connectivity index (χ3v) is 4.87. The normalized spacial score (nSPS) is 10.7. The average Bonchev–Trinajstić information content (AvgIpc) is 3.37. The van der Waals surface area contributed by atoms with Gasteiger partial charge in [-0.05, 0) is 42.5 Å². The van der Waals surface area contributed by atoms with Crippen molar-refractivity contribution in [1.29, 1.82) is 0 Å². The molecule has 4 rings (SSSR count). The number of nitrogens with one attached hydrogen (secondary N) is 1. The molecule has 0 spiro atoms. The molecule has 0 aliphatic rings. The minimum absolute atomic E-state index is 0.189. The molecule has 0 atom stereocenters. The first-order valence-corrected chi connectivity index (χ1v) is 10.1. The van der Waals surface area contributed by atoms with E-state index in [0.29, 0.717) is 22.9 Å². The molecule has 0 saturated carbocycles. The molecular weight excluding hydrogens is 426 g/mol. The highest BCUT2D eigenvalue weighted by atomic mass is 16.5. The molecule has 4 aromatic rings. The smallest absolute Gasteiger partial charge is 0.267 e. The SMILES string of the molecule is COc1ccc(-c2cc(=O)n(CCNC(=O)Cn3nc(-c4ccco4)ccc3=O)cn2)cc1. The fraction of sp³-hybridized carbons (Fsp3) is 0.174. The molecule has 168 valence electrons. The molecule has 3 aromatic heterocycles. The van der Waals surface area contributed by atoms with E-state index in [0.717, 1.165) is 10.2 Å². The van der Waals surface area contributed by atoms with Gasteiger partial charge in [-0.1, -0.05) is 0 Å². The van der Waals surface area contributed by atoms with Crippen molar-refractivity contribution >= 4 is 5.91 Å². The maximum absolute atomic E-state index is 12.4. The number of carbonyl (C=O) groups is 1. The maximum Gasteiger partial charge on any atom is 0.267 e. The molecule has 1 N–H and O–H groups in total. The fourth-order valence-electron chi connectivity index (χ4n) is 3.14. The number of methoxy groups -OCH3 is 1. The predicted molar refractivity (Wildman–Crippen MR) is 120 cm³/mol. The lowest BCUT2D eigenvalue weighted by Gasteiger charge is -2.09. The van der Waals surface area contributed by atoms with Crippen molar-refractivity contribution in [2.45, 2.75) is 13.1 Å². The van der Waals surface area contributed by atoms with Crippen molar-refractivity contribution in [2.75, 3.05) is 13.7 Å². The summed E-state index contributed by atoms with van der Waals surface area (Å²) in [5.74, 6) is 0.805. The zero-order valence-corrected chi connectivity index (χ0v) is 17.8. The van der Waals surface area contributed by atoms with Gasteiger partial charge in [-0.2, -0.15) is 5.10 Å². The molecular formula is C23H21N5O5. The second kappa shape index (κ2) is 9.77. The first-order valence-electron chi connectivity index (χ1n) is 10.1. The lowest BCUT2D eigenvalue weighted by molar-refractivity contribution is -0.121. The number of aromatic nitrogens is 4. The number of ether oxygens (including phenoxy) is 1. The Labute approximate surface area is 188 Å². The van der Waals surface area contributed by atoms with Gasteiger partial charge >= 0.3 is 0 Å². The summed E-state index contributed by atoms with van der Waals surface area (Å²) >= 11 is 0. The van der Waals surface area contributed by atoms with Crippen LogP contribution in [0.25, 0.3) is 22.7 Å². The topological polar surface area (TPSA) is 121 Å². The van der Waals surface area contributed by atoms with Gasteiger partial charge in [0, 0.05) is 30.8 Å². The monoisotopic (exact) mass is 447 g/mol. The minimum Gasteiger partial charge on any atom is -0.497 e. The summed E-state index contributed by atoms with van der Waals surface area (Å²) in [6.07, 6.45) is 2.94. The zero-order chi connectivity index (χ0) is 23.2. The molecule has 0 saturated heterocycles. The molecule has 0 aliphatic heterocycles. The number of carbonyl (C=O) groups excluding carboxylic acids is 1. The van der Waals surface area contributed by atoms with Gasteiger partial charge in [0.05, 0.1) is 25.4 Å². The molecule has 0 aliphatic carbocycles. The standard InChI is InChI=1S/C23H21N5O5/c1-32-17-6-4-16(5-7-17)19-13-23(31)27(15-25-19)11-10-24-21(29)14-28-22(30)9-8-18(26-28)20-3-2-12-33-20/h2-9,12-13,15H,10-11,14H2,1H3,(H,24,29). The van der Waals surface area contributed by atoms with Gasteiger partial charge in [0.2, 0.25) is 5.91 Å². The highest BCUT2D eigenvalue weighted by Crippen LogP contribution is 2.19. The number of hydrogen-bond acceptors (Lipinski definition) is 7. The Morgan fingerprint density at radius 2 is 1.88 bits per heavy atom. The van der Waals surface area contributed by atoms with Gasteiger partial charge < -0.3 is 14.5 Å². The van der Waals surface area contributed by atoms with E-state index in [-0.39, 0.29) is 25.2 Å². The van der Waals surface area contributed by atoms with Crippen LogP contribution < -0.4 is 21.2 Å². The summed E-state index contributed by atoms with van der Waals surface area (Å²) in [4.78, 5) is 41.1.